The van der Waals surface area contributed by atoms with Gasteiger partial charge in [0, 0.05) is 24.3 Å². The molecule has 0 aliphatic carbocycles. The number of nitrogens with one attached hydrogen (secondary N) is 2. The van der Waals surface area contributed by atoms with E-state index in [0.717, 1.165) is 42.1 Å². The molecule has 2 heterocycles. The van der Waals surface area contributed by atoms with Gasteiger partial charge in [0.2, 0.25) is 0 Å². The van der Waals surface area contributed by atoms with Gasteiger partial charge in [0.1, 0.15) is 12.4 Å². The number of ether oxygens (including phenoxy) is 2. The van der Waals surface area contributed by atoms with E-state index in [4.69, 9.17) is 9.47 Å². The molecule has 0 aromatic heterocycles. The van der Waals surface area contributed by atoms with Gasteiger partial charge >= 0.3 is 0 Å². The second kappa shape index (κ2) is 7.87. The topological polar surface area (TPSA) is 59.6 Å². The van der Waals surface area contributed by atoms with Gasteiger partial charge in [0.15, 0.2) is 6.10 Å². The van der Waals surface area contributed by atoms with E-state index in [2.05, 4.69) is 16.7 Å². The molecule has 0 saturated carbocycles. The molecule has 0 fully saturated rings. The minimum Gasteiger partial charge on any atom is -0.492 e. The second-order valence-corrected chi connectivity index (χ2v) is 6.04. The number of hydrogen-bond donors (Lipinski definition) is 2. The highest BCUT2D eigenvalue weighted by molar-refractivity contribution is 5.95. The lowest BCUT2D eigenvalue weighted by Crippen LogP contribution is -2.28. The molecular weight excluding hydrogens is 340 g/mol. The normalized spacial score (nSPS) is 18.6. The summed E-state index contributed by atoms with van der Waals surface area (Å²) in [7, 11) is 0. The standard InChI is InChI=1S/C19H20N2O3.ClH/c22-19(18-16-4-2-1-3-13(16)7-9-24-18)21-15-5-6-17-14(11-15)12-20-8-10-23-17;/h1-6,11,18,20H,7-10,12H2,(H,21,22);1H. The lowest BCUT2D eigenvalue weighted by Gasteiger charge is -2.25. The molecule has 0 spiro atoms. The van der Waals surface area contributed by atoms with E-state index in [-0.39, 0.29) is 18.3 Å². The van der Waals surface area contributed by atoms with Crippen molar-refractivity contribution in [1.29, 1.82) is 0 Å². The molecule has 1 unspecified atom stereocenters. The summed E-state index contributed by atoms with van der Waals surface area (Å²) >= 11 is 0. The predicted molar refractivity (Wildman–Crippen MR) is 98.4 cm³/mol. The average molecular weight is 361 g/mol. The number of rotatable bonds is 2. The third-order valence-electron chi connectivity index (χ3n) is 4.41. The van der Waals surface area contributed by atoms with Crippen molar-refractivity contribution in [2.45, 2.75) is 19.1 Å². The molecule has 0 saturated heterocycles. The summed E-state index contributed by atoms with van der Waals surface area (Å²) in [6, 6.07) is 13.7. The van der Waals surface area contributed by atoms with Gasteiger partial charge in [-0.25, -0.2) is 0 Å². The Labute approximate surface area is 153 Å². The maximum absolute atomic E-state index is 12.7. The minimum absolute atomic E-state index is 0. The molecule has 1 atom stereocenters. The molecule has 2 aromatic carbocycles. The van der Waals surface area contributed by atoms with Crippen LogP contribution in [0, 0.1) is 0 Å². The molecule has 2 aliphatic rings. The Kier molecular flexibility index (Phi) is 5.58. The van der Waals surface area contributed by atoms with Crippen molar-refractivity contribution >= 4 is 24.0 Å². The monoisotopic (exact) mass is 360 g/mol. The van der Waals surface area contributed by atoms with Crippen molar-refractivity contribution in [2.24, 2.45) is 0 Å². The van der Waals surface area contributed by atoms with Crippen molar-refractivity contribution in [3.8, 4) is 5.75 Å². The number of carbonyl (C=O) groups excluding carboxylic acids is 1. The number of benzene rings is 2. The van der Waals surface area contributed by atoms with Crippen molar-refractivity contribution in [1.82, 2.24) is 5.32 Å². The summed E-state index contributed by atoms with van der Waals surface area (Å²) in [6.07, 6.45) is 0.296. The number of hydrogen-bond acceptors (Lipinski definition) is 4. The fourth-order valence-corrected chi connectivity index (χ4v) is 3.21. The van der Waals surface area contributed by atoms with Crippen LogP contribution in [0.25, 0.3) is 0 Å². The highest BCUT2D eigenvalue weighted by Crippen LogP contribution is 2.29. The van der Waals surface area contributed by atoms with E-state index in [0.29, 0.717) is 13.2 Å². The Balaban J connectivity index is 0.00000182. The van der Waals surface area contributed by atoms with E-state index >= 15 is 0 Å². The highest BCUT2D eigenvalue weighted by atomic mass is 35.5. The van der Waals surface area contributed by atoms with Gasteiger partial charge in [-0.3, -0.25) is 4.79 Å². The Morgan fingerprint density at radius 3 is 2.92 bits per heavy atom. The summed E-state index contributed by atoms with van der Waals surface area (Å²) in [5, 5.41) is 6.27. The molecule has 2 N–H and O–H groups in total. The van der Waals surface area contributed by atoms with Gasteiger partial charge in [-0.15, -0.1) is 12.4 Å². The van der Waals surface area contributed by atoms with Crippen LogP contribution >= 0.6 is 12.4 Å². The molecular formula is C19H21ClN2O3. The Bertz CT molecular complexity index is 766. The molecule has 4 rings (SSSR count). The maximum atomic E-state index is 12.7. The number of amides is 1. The van der Waals surface area contributed by atoms with E-state index in [1.165, 1.54) is 5.56 Å². The maximum Gasteiger partial charge on any atom is 0.258 e. The molecule has 6 heteroatoms. The van der Waals surface area contributed by atoms with Gasteiger partial charge in [-0.1, -0.05) is 24.3 Å². The van der Waals surface area contributed by atoms with E-state index in [1.54, 1.807) is 0 Å². The zero-order valence-electron chi connectivity index (χ0n) is 13.8. The zero-order chi connectivity index (χ0) is 16.4. The van der Waals surface area contributed by atoms with Crippen LogP contribution in [0.3, 0.4) is 0 Å². The molecule has 132 valence electrons. The average Bonchev–Trinajstić information content (AvgIpc) is 2.86. The third kappa shape index (κ3) is 3.79. The van der Waals surface area contributed by atoms with Crippen LogP contribution in [0.15, 0.2) is 42.5 Å². The lowest BCUT2D eigenvalue weighted by atomic mass is 9.97. The van der Waals surface area contributed by atoms with Crippen LogP contribution in [0.5, 0.6) is 5.75 Å². The zero-order valence-corrected chi connectivity index (χ0v) is 14.6. The number of anilines is 1. The largest absolute Gasteiger partial charge is 0.492 e. The Morgan fingerprint density at radius 1 is 1.12 bits per heavy atom. The van der Waals surface area contributed by atoms with Crippen LogP contribution in [0.2, 0.25) is 0 Å². The SMILES string of the molecule is Cl.O=C(Nc1ccc2c(c1)CNCCO2)C1OCCc2ccccc21. The molecule has 0 bridgehead atoms. The van der Waals surface area contributed by atoms with Crippen molar-refractivity contribution in [3.63, 3.8) is 0 Å². The fraction of sp³-hybridized carbons (Fsp3) is 0.316. The Hall–Kier alpha value is -2.08. The number of halogens is 1. The molecule has 2 aliphatic heterocycles. The predicted octanol–water partition coefficient (Wildman–Crippen LogP) is 2.84. The lowest BCUT2D eigenvalue weighted by molar-refractivity contribution is -0.128. The Morgan fingerprint density at radius 2 is 2.00 bits per heavy atom. The number of fused-ring (bicyclic) bond motifs is 2. The summed E-state index contributed by atoms with van der Waals surface area (Å²) in [4.78, 5) is 12.7. The van der Waals surface area contributed by atoms with E-state index in [1.807, 2.05) is 36.4 Å². The third-order valence-corrected chi connectivity index (χ3v) is 4.41. The van der Waals surface area contributed by atoms with Gasteiger partial charge in [-0.05, 0) is 35.7 Å². The quantitative estimate of drug-likeness (QED) is 0.864. The molecule has 1 amide bonds. The smallest absolute Gasteiger partial charge is 0.258 e. The van der Waals surface area contributed by atoms with Crippen LogP contribution in [0.1, 0.15) is 22.8 Å². The van der Waals surface area contributed by atoms with Crippen molar-refractivity contribution < 1.29 is 14.3 Å². The van der Waals surface area contributed by atoms with Crippen LogP contribution in [-0.4, -0.2) is 25.7 Å². The first kappa shape index (κ1) is 17.7. The van der Waals surface area contributed by atoms with Crippen LogP contribution < -0.4 is 15.4 Å². The molecule has 25 heavy (non-hydrogen) atoms. The van der Waals surface area contributed by atoms with E-state index < -0.39 is 6.10 Å². The van der Waals surface area contributed by atoms with E-state index in [9.17, 15) is 4.79 Å². The minimum atomic E-state index is -0.553. The van der Waals surface area contributed by atoms with Gasteiger partial charge in [0.25, 0.3) is 5.91 Å². The summed E-state index contributed by atoms with van der Waals surface area (Å²) in [6.45, 7) is 2.79. The second-order valence-electron chi connectivity index (χ2n) is 6.04. The van der Waals surface area contributed by atoms with Gasteiger partial charge in [-0.2, -0.15) is 0 Å². The van der Waals surface area contributed by atoms with Gasteiger partial charge in [0.05, 0.1) is 6.61 Å². The molecule has 0 radical (unpaired) electrons. The first-order valence-corrected chi connectivity index (χ1v) is 8.28. The summed E-state index contributed by atoms with van der Waals surface area (Å²) < 4.78 is 11.4. The van der Waals surface area contributed by atoms with Crippen molar-refractivity contribution in [3.05, 3.63) is 59.2 Å². The summed E-state index contributed by atoms with van der Waals surface area (Å²) in [5.74, 6) is 0.738. The van der Waals surface area contributed by atoms with Crippen LogP contribution in [-0.2, 0) is 22.5 Å². The summed E-state index contributed by atoms with van der Waals surface area (Å²) in [5.41, 5.74) is 3.96. The molecule has 2 aromatic rings. The first-order chi connectivity index (χ1) is 11.8. The van der Waals surface area contributed by atoms with Gasteiger partial charge < -0.3 is 20.1 Å². The first-order valence-electron chi connectivity index (χ1n) is 8.28. The van der Waals surface area contributed by atoms with Crippen molar-refractivity contribution in [2.75, 3.05) is 25.1 Å². The number of carbonyl (C=O) groups is 1. The molecule has 5 nitrogen and oxygen atoms in total. The highest BCUT2D eigenvalue weighted by Gasteiger charge is 2.27. The fourth-order valence-electron chi connectivity index (χ4n) is 3.21. The van der Waals surface area contributed by atoms with Crippen LogP contribution in [0.4, 0.5) is 5.69 Å².